The molecule has 0 aliphatic carbocycles. The van der Waals surface area contributed by atoms with E-state index in [1.807, 2.05) is 25.1 Å². The zero-order chi connectivity index (χ0) is 14.0. The van der Waals surface area contributed by atoms with Crippen LogP contribution in [0.4, 0.5) is 4.39 Å². The van der Waals surface area contributed by atoms with Gasteiger partial charge in [-0.1, -0.05) is 23.7 Å². The Balaban J connectivity index is 2.41. The lowest BCUT2D eigenvalue weighted by Gasteiger charge is -2.15. The standard InChI is InChI=1S/C15H13Cl2FO/c1-9-7-11(19-2)4-6-12(9)15(17)13-5-3-10(16)8-14(13)18/h3-8,15H,1-2H3. The Labute approximate surface area is 121 Å². The van der Waals surface area contributed by atoms with Gasteiger partial charge < -0.3 is 4.74 Å². The zero-order valence-electron chi connectivity index (χ0n) is 10.6. The highest BCUT2D eigenvalue weighted by Gasteiger charge is 2.17. The van der Waals surface area contributed by atoms with E-state index >= 15 is 0 Å². The molecule has 0 radical (unpaired) electrons. The van der Waals surface area contributed by atoms with E-state index in [1.54, 1.807) is 19.2 Å². The molecule has 2 aromatic rings. The predicted octanol–water partition coefficient (Wildman–Crippen LogP) is 5.12. The van der Waals surface area contributed by atoms with Gasteiger partial charge in [0.15, 0.2) is 0 Å². The smallest absolute Gasteiger partial charge is 0.129 e. The van der Waals surface area contributed by atoms with Crippen LogP contribution in [0.5, 0.6) is 5.75 Å². The van der Waals surface area contributed by atoms with E-state index in [2.05, 4.69) is 0 Å². The lowest BCUT2D eigenvalue weighted by atomic mass is 9.99. The van der Waals surface area contributed by atoms with Crippen molar-refractivity contribution >= 4 is 23.2 Å². The summed E-state index contributed by atoms with van der Waals surface area (Å²) >= 11 is 12.1. The average Bonchev–Trinajstić information content (AvgIpc) is 2.37. The highest BCUT2D eigenvalue weighted by molar-refractivity contribution is 6.30. The summed E-state index contributed by atoms with van der Waals surface area (Å²) in [5.41, 5.74) is 2.22. The first-order chi connectivity index (χ1) is 9.02. The van der Waals surface area contributed by atoms with Crippen molar-refractivity contribution in [2.45, 2.75) is 12.3 Å². The van der Waals surface area contributed by atoms with Crippen molar-refractivity contribution in [2.75, 3.05) is 7.11 Å². The third kappa shape index (κ3) is 3.02. The molecule has 0 aliphatic rings. The van der Waals surface area contributed by atoms with Gasteiger partial charge in [0.2, 0.25) is 0 Å². The van der Waals surface area contributed by atoms with Crippen LogP contribution in [0, 0.1) is 12.7 Å². The molecule has 4 heteroatoms. The van der Waals surface area contributed by atoms with Gasteiger partial charge in [0.25, 0.3) is 0 Å². The number of aryl methyl sites for hydroxylation is 1. The molecule has 0 spiro atoms. The van der Waals surface area contributed by atoms with Crippen molar-refractivity contribution in [3.05, 3.63) is 63.9 Å². The topological polar surface area (TPSA) is 9.23 Å². The number of hydrogen-bond acceptors (Lipinski definition) is 1. The second-order valence-electron chi connectivity index (χ2n) is 4.25. The molecule has 19 heavy (non-hydrogen) atoms. The summed E-state index contributed by atoms with van der Waals surface area (Å²) in [6.07, 6.45) is 0. The first-order valence-electron chi connectivity index (χ1n) is 5.76. The predicted molar refractivity (Wildman–Crippen MR) is 76.8 cm³/mol. The Morgan fingerprint density at radius 2 is 1.79 bits per heavy atom. The summed E-state index contributed by atoms with van der Waals surface area (Å²) in [6.45, 7) is 1.92. The van der Waals surface area contributed by atoms with Crippen LogP contribution in [-0.4, -0.2) is 7.11 Å². The number of methoxy groups -OCH3 is 1. The summed E-state index contributed by atoms with van der Waals surface area (Å²) in [5.74, 6) is 0.351. The number of alkyl halides is 1. The van der Waals surface area contributed by atoms with E-state index in [9.17, 15) is 4.39 Å². The normalized spacial score (nSPS) is 12.3. The van der Waals surface area contributed by atoms with Gasteiger partial charge in [-0.15, -0.1) is 11.6 Å². The third-order valence-corrected chi connectivity index (χ3v) is 3.69. The Hall–Kier alpha value is -1.25. The van der Waals surface area contributed by atoms with Crippen LogP contribution < -0.4 is 4.74 Å². The van der Waals surface area contributed by atoms with Crippen LogP contribution in [0.3, 0.4) is 0 Å². The molecule has 1 nitrogen and oxygen atoms in total. The van der Waals surface area contributed by atoms with Crippen LogP contribution in [0.15, 0.2) is 36.4 Å². The summed E-state index contributed by atoms with van der Waals surface area (Å²) in [7, 11) is 1.60. The SMILES string of the molecule is COc1ccc(C(Cl)c2ccc(Cl)cc2F)c(C)c1. The molecule has 0 N–H and O–H groups in total. The molecule has 0 aliphatic heterocycles. The van der Waals surface area contributed by atoms with E-state index in [1.165, 1.54) is 6.07 Å². The molecule has 0 amide bonds. The van der Waals surface area contributed by atoms with Crippen LogP contribution in [-0.2, 0) is 0 Å². The summed E-state index contributed by atoms with van der Waals surface area (Å²) in [5, 5.41) is -0.195. The Kier molecular flexibility index (Phi) is 4.33. The van der Waals surface area contributed by atoms with E-state index in [4.69, 9.17) is 27.9 Å². The highest BCUT2D eigenvalue weighted by Crippen LogP contribution is 2.34. The number of rotatable bonds is 3. The van der Waals surface area contributed by atoms with Crippen molar-refractivity contribution in [3.8, 4) is 5.75 Å². The van der Waals surface area contributed by atoms with Crippen molar-refractivity contribution in [3.63, 3.8) is 0 Å². The van der Waals surface area contributed by atoms with Gasteiger partial charge in [-0.05, 0) is 42.3 Å². The van der Waals surface area contributed by atoms with Gasteiger partial charge in [0.05, 0.1) is 12.5 Å². The van der Waals surface area contributed by atoms with Crippen molar-refractivity contribution < 1.29 is 9.13 Å². The number of halogens is 3. The van der Waals surface area contributed by atoms with E-state index in [0.717, 1.165) is 16.9 Å². The minimum absolute atomic E-state index is 0.358. The maximum atomic E-state index is 13.9. The maximum Gasteiger partial charge on any atom is 0.129 e. The molecule has 0 fully saturated rings. The minimum Gasteiger partial charge on any atom is -0.497 e. The number of hydrogen-bond donors (Lipinski definition) is 0. The minimum atomic E-state index is -0.553. The molecule has 0 bridgehead atoms. The van der Waals surface area contributed by atoms with Crippen molar-refractivity contribution in [2.24, 2.45) is 0 Å². The van der Waals surface area contributed by atoms with Crippen LogP contribution >= 0.6 is 23.2 Å². The molecule has 0 saturated heterocycles. The highest BCUT2D eigenvalue weighted by atomic mass is 35.5. The molecule has 2 rings (SSSR count). The molecular weight excluding hydrogens is 286 g/mol. The first-order valence-corrected chi connectivity index (χ1v) is 6.58. The van der Waals surface area contributed by atoms with Crippen LogP contribution in [0.25, 0.3) is 0 Å². The maximum absolute atomic E-state index is 13.9. The van der Waals surface area contributed by atoms with Crippen LogP contribution in [0.2, 0.25) is 5.02 Å². The summed E-state index contributed by atoms with van der Waals surface area (Å²) < 4.78 is 19.0. The van der Waals surface area contributed by atoms with Crippen molar-refractivity contribution in [1.82, 2.24) is 0 Å². The van der Waals surface area contributed by atoms with Gasteiger partial charge in [-0.3, -0.25) is 0 Å². The zero-order valence-corrected chi connectivity index (χ0v) is 12.1. The van der Waals surface area contributed by atoms with E-state index in [0.29, 0.717) is 10.6 Å². The lowest BCUT2D eigenvalue weighted by Crippen LogP contribution is -2.00. The van der Waals surface area contributed by atoms with Gasteiger partial charge in [-0.2, -0.15) is 0 Å². The molecule has 0 heterocycles. The van der Waals surface area contributed by atoms with Crippen molar-refractivity contribution in [1.29, 1.82) is 0 Å². The Morgan fingerprint density at radius 1 is 1.11 bits per heavy atom. The summed E-state index contributed by atoms with van der Waals surface area (Å²) in [6, 6.07) is 10.0. The fourth-order valence-electron chi connectivity index (χ4n) is 1.93. The molecule has 1 atom stereocenters. The third-order valence-electron chi connectivity index (χ3n) is 2.99. The molecule has 0 saturated carbocycles. The molecule has 0 aromatic heterocycles. The monoisotopic (exact) mass is 298 g/mol. The molecule has 100 valence electrons. The lowest BCUT2D eigenvalue weighted by molar-refractivity contribution is 0.414. The van der Waals surface area contributed by atoms with Gasteiger partial charge >= 0.3 is 0 Å². The first kappa shape index (κ1) is 14.2. The fourth-order valence-corrected chi connectivity index (χ4v) is 2.51. The van der Waals surface area contributed by atoms with Gasteiger partial charge in [0, 0.05) is 10.6 Å². The Morgan fingerprint density at radius 3 is 2.37 bits per heavy atom. The van der Waals surface area contributed by atoms with Crippen LogP contribution in [0.1, 0.15) is 22.1 Å². The van der Waals surface area contributed by atoms with E-state index in [-0.39, 0.29) is 0 Å². The average molecular weight is 299 g/mol. The second-order valence-corrected chi connectivity index (χ2v) is 5.12. The molecule has 1 unspecified atom stereocenters. The van der Waals surface area contributed by atoms with E-state index < -0.39 is 11.2 Å². The largest absolute Gasteiger partial charge is 0.497 e. The summed E-state index contributed by atoms with van der Waals surface area (Å²) in [4.78, 5) is 0. The number of ether oxygens (including phenoxy) is 1. The number of benzene rings is 2. The Bertz CT molecular complexity index is 599. The fraction of sp³-hybridized carbons (Fsp3) is 0.200. The van der Waals surface area contributed by atoms with Gasteiger partial charge in [-0.25, -0.2) is 4.39 Å². The molecular formula is C15H13Cl2FO. The second kappa shape index (κ2) is 5.81. The van der Waals surface area contributed by atoms with Gasteiger partial charge in [0.1, 0.15) is 11.6 Å². The molecule has 2 aromatic carbocycles. The quantitative estimate of drug-likeness (QED) is 0.714.